The lowest BCUT2D eigenvalue weighted by Gasteiger charge is -2.13. The van der Waals surface area contributed by atoms with Crippen LogP contribution in [-0.4, -0.2) is 22.3 Å². The monoisotopic (exact) mass is 377 g/mol. The number of nitrogens with zero attached hydrogens (tertiary/aromatic N) is 2. The van der Waals surface area contributed by atoms with Crippen LogP contribution < -0.4 is 15.2 Å². The van der Waals surface area contributed by atoms with Gasteiger partial charge in [-0.25, -0.2) is 0 Å². The highest BCUT2D eigenvalue weighted by Gasteiger charge is 2.25. The summed E-state index contributed by atoms with van der Waals surface area (Å²) in [6.07, 6.45) is 5.30. The molecule has 0 unspecified atom stereocenters. The zero-order chi connectivity index (χ0) is 19.7. The molecule has 4 rings (SSSR count). The molecular weight excluding hydrogens is 354 g/mol. The van der Waals surface area contributed by atoms with Crippen molar-refractivity contribution in [2.75, 3.05) is 6.79 Å². The molecule has 144 valence electrons. The van der Waals surface area contributed by atoms with Crippen molar-refractivity contribution in [3.8, 4) is 22.6 Å². The summed E-state index contributed by atoms with van der Waals surface area (Å²) in [5, 5.41) is 0. The Bertz CT molecular complexity index is 1030. The third-order valence-electron chi connectivity index (χ3n) is 5.09. The van der Waals surface area contributed by atoms with Gasteiger partial charge in [-0.05, 0) is 37.1 Å². The zero-order valence-corrected chi connectivity index (χ0v) is 16.1. The zero-order valence-electron chi connectivity index (χ0n) is 16.1. The number of aromatic nitrogens is 2. The number of amides is 1. The summed E-state index contributed by atoms with van der Waals surface area (Å²) in [5.74, 6) is 1.09. The third kappa shape index (κ3) is 3.11. The van der Waals surface area contributed by atoms with Crippen LogP contribution in [0.25, 0.3) is 11.1 Å². The van der Waals surface area contributed by atoms with E-state index in [0.29, 0.717) is 12.1 Å². The first-order valence-corrected chi connectivity index (χ1v) is 9.40. The van der Waals surface area contributed by atoms with Crippen molar-refractivity contribution in [1.82, 2.24) is 9.55 Å². The van der Waals surface area contributed by atoms with Crippen molar-refractivity contribution in [1.29, 1.82) is 0 Å². The highest BCUT2D eigenvalue weighted by Crippen LogP contribution is 2.36. The maximum atomic E-state index is 12.3. The Balaban J connectivity index is 1.86. The van der Waals surface area contributed by atoms with Crippen LogP contribution in [0.1, 0.15) is 40.7 Å². The Morgan fingerprint density at radius 2 is 2.07 bits per heavy atom. The van der Waals surface area contributed by atoms with Gasteiger partial charge < -0.3 is 19.8 Å². The molecule has 2 aromatic heterocycles. The van der Waals surface area contributed by atoms with Crippen molar-refractivity contribution in [3.63, 3.8) is 0 Å². The molecule has 0 fully saturated rings. The van der Waals surface area contributed by atoms with Gasteiger partial charge in [0.05, 0.1) is 5.56 Å². The van der Waals surface area contributed by atoms with Crippen LogP contribution in [0.4, 0.5) is 0 Å². The quantitative estimate of drug-likeness (QED) is 0.711. The fraction of sp³-hybridized carbons (Fsp3) is 0.273. The van der Waals surface area contributed by atoms with Crippen LogP contribution in [0.3, 0.4) is 0 Å². The Morgan fingerprint density at radius 3 is 2.79 bits per heavy atom. The first kappa shape index (κ1) is 18.1. The Hall–Kier alpha value is -3.28. The molecule has 3 heterocycles. The Labute approximate surface area is 163 Å². The van der Waals surface area contributed by atoms with E-state index in [2.05, 4.69) is 16.5 Å². The second-order valence-corrected chi connectivity index (χ2v) is 6.91. The predicted octanol–water partition coefficient (Wildman–Crippen LogP) is 3.69. The maximum Gasteiger partial charge on any atom is 0.251 e. The molecule has 6 heteroatoms. The van der Waals surface area contributed by atoms with Gasteiger partial charge in [0.25, 0.3) is 5.91 Å². The number of ether oxygens (including phenoxy) is 2. The van der Waals surface area contributed by atoms with Crippen LogP contribution in [0.2, 0.25) is 0 Å². The minimum atomic E-state index is -0.418. The maximum absolute atomic E-state index is 12.3. The van der Waals surface area contributed by atoms with Gasteiger partial charge >= 0.3 is 0 Å². The SMILES string of the molecule is CCCc1c(-c2cccnc2)c(C(N)=O)c(C)n1Cc1ccc2c(c1)OCO2. The van der Waals surface area contributed by atoms with Crippen LogP contribution in [-0.2, 0) is 13.0 Å². The molecule has 0 atom stereocenters. The predicted molar refractivity (Wildman–Crippen MR) is 107 cm³/mol. The summed E-state index contributed by atoms with van der Waals surface area (Å²) in [4.78, 5) is 16.6. The second kappa shape index (κ2) is 7.38. The molecule has 28 heavy (non-hydrogen) atoms. The van der Waals surface area contributed by atoms with E-state index in [1.807, 2.05) is 37.3 Å². The summed E-state index contributed by atoms with van der Waals surface area (Å²) >= 11 is 0. The molecule has 0 saturated heterocycles. The third-order valence-corrected chi connectivity index (χ3v) is 5.09. The van der Waals surface area contributed by atoms with E-state index in [9.17, 15) is 4.79 Å². The molecule has 2 N–H and O–H groups in total. The van der Waals surface area contributed by atoms with Crippen LogP contribution >= 0.6 is 0 Å². The molecule has 1 aromatic carbocycles. The first-order valence-electron chi connectivity index (χ1n) is 9.40. The van der Waals surface area contributed by atoms with Crippen LogP contribution in [0, 0.1) is 6.92 Å². The second-order valence-electron chi connectivity index (χ2n) is 6.91. The lowest BCUT2D eigenvalue weighted by Crippen LogP contribution is -2.13. The van der Waals surface area contributed by atoms with Crippen LogP contribution in [0.15, 0.2) is 42.7 Å². The average molecular weight is 377 g/mol. The van der Waals surface area contributed by atoms with Crippen molar-refractivity contribution in [2.24, 2.45) is 5.73 Å². The number of nitrogens with two attached hydrogens (primary N) is 1. The Kier molecular flexibility index (Phi) is 4.77. The molecule has 6 nitrogen and oxygen atoms in total. The van der Waals surface area contributed by atoms with E-state index in [1.54, 1.807) is 12.4 Å². The topological polar surface area (TPSA) is 79.4 Å². The number of carbonyl (C=O) groups is 1. The van der Waals surface area contributed by atoms with Gasteiger partial charge in [-0.2, -0.15) is 0 Å². The Morgan fingerprint density at radius 1 is 1.25 bits per heavy atom. The van der Waals surface area contributed by atoms with Gasteiger partial charge in [0.1, 0.15) is 0 Å². The van der Waals surface area contributed by atoms with Gasteiger partial charge in [0.2, 0.25) is 6.79 Å². The van der Waals surface area contributed by atoms with Crippen molar-refractivity contribution >= 4 is 5.91 Å². The van der Waals surface area contributed by atoms with Crippen molar-refractivity contribution in [2.45, 2.75) is 33.2 Å². The van der Waals surface area contributed by atoms with Crippen molar-refractivity contribution in [3.05, 3.63) is 65.2 Å². The summed E-state index contributed by atoms with van der Waals surface area (Å²) in [5.41, 5.74) is 11.2. The number of hydrogen-bond donors (Lipinski definition) is 1. The van der Waals surface area contributed by atoms with Gasteiger partial charge in [-0.3, -0.25) is 9.78 Å². The molecular formula is C22H23N3O3. The summed E-state index contributed by atoms with van der Waals surface area (Å²) in [6, 6.07) is 9.78. The molecule has 1 amide bonds. The van der Waals surface area contributed by atoms with E-state index in [0.717, 1.165) is 52.4 Å². The standard InChI is InChI=1S/C22H23N3O3/c1-3-5-17-21(16-6-4-9-24-11-16)20(22(23)26)14(2)25(17)12-15-7-8-18-19(10-15)28-13-27-18/h4,6-11H,3,5,12-13H2,1-2H3,(H2,23,26). The number of fused-ring (bicyclic) bond motifs is 1. The van der Waals surface area contributed by atoms with E-state index in [4.69, 9.17) is 15.2 Å². The number of hydrogen-bond acceptors (Lipinski definition) is 4. The van der Waals surface area contributed by atoms with E-state index >= 15 is 0 Å². The lowest BCUT2D eigenvalue weighted by molar-refractivity contribution is 0.1000. The number of pyridine rings is 1. The first-order chi connectivity index (χ1) is 13.6. The normalized spacial score (nSPS) is 12.4. The molecule has 0 aliphatic carbocycles. The fourth-order valence-electron chi connectivity index (χ4n) is 3.85. The number of primary amides is 1. The number of carbonyl (C=O) groups excluding carboxylic acids is 1. The molecule has 0 spiro atoms. The highest BCUT2D eigenvalue weighted by atomic mass is 16.7. The molecule has 1 aliphatic rings. The van der Waals surface area contributed by atoms with Gasteiger partial charge in [0, 0.05) is 41.5 Å². The smallest absolute Gasteiger partial charge is 0.251 e. The summed E-state index contributed by atoms with van der Waals surface area (Å²) in [7, 11) is 0. The van der Waals surface area contributed by atoms with Gasteiger partial charge in [-0.15, -0.1) is 0 Å². The van der Waals surface area contributed by atoms with E-state index in [-0.39, 0.29) is 6.79 Å². The molecule has 0 radical (unpaired) electrons. The minimum absolute atomic E-state index is 0.249. The molecule has 3 aromatic rings. The molecule has 0 bridgehead atoms. The minimum Gasteiger partial charge on any atom is -0.454 e. The summed E-state index contributed by atoms with van der Waals surface area (Å²) < 4.78 is 13.1. The largest absolute Gasteiger partial charge is 0.454 e. The molecule has 0 saturated carbocycles. The number of benzene rings is 1. The highest BCUT2D eigenvalue weighted by molar-refractivity contribution is 6.02. The fourth-order valence-corrected chi connectivity index (χ4v) is 3.85. The molecule has 1 aliphatic heterocycles. The lowest BCUT2D eigenvalue weighted by atomic mass is 9.99. The number of rotatable bonds is 6. The van der Waals surface area contributed by atoms with Crippen LogP contribution in [0.5, 0.6) is 11.5 Å². The van der Waals surface area contributed by atoms with Gasteiger partial charge in [-0.1, -0.05) is 25.5 Å². The van der Waals surface area contributed by atoms with E-state index < -0.39 is 5.91 Å². The van der Waals surface area contributed by atoms with E-state index in [1.165, 1.54) is 0 Å². The van der Waals surface area contributed by atoms with Gasteiger partial charge in [0.15, 0.2) is 11.5 Å². The van der Waals surface area contributed by atoms with Crippen molar-refractivity contribution < 1.29 is 14.3 Å². The summed E-state index contributed by atoms with van der Waals surface area (Å²) in [6.45, 7) is 4.95. The average Bonchev–Trinajstić information content (AvgIpc) is 3.26.